The normalized spacial score (nSPS) is 14.3. The van der Waals surface area contributed by atoms with Crippen LogP contribution >= 0.6 is 123 Å². The summed E-state index contributed by atoms with van der Waals surface area (Å²) in [6.45, 7) is 12.5. The van der Waals surface area contributed by atoms with Gasteiger partial charge in [-0.1, -0.05) is 0 Å². The summed E-state index contributed by atoms with van der Waals surface area (Å²) in [6.07, 6.45) is -3.28. The highest BCUT2D eigenvalue weighted by atomic mass is 35.5. The number of aliphatic hydroxyl groups is 1. The van der Waals surface area contributed by atoms with Gasteiger partial charge in [-0.05, 0) is 91.6 Å². The summed E-state index contributed by atoms with van der Waals surface area (Å²) in [4.78, 5) is 83.3. The fourth-order valence-electron chi connectivity index (χ4n) is 8.64. The third-order valence-electron chi connectivity index (χ3n) is 13.3. The Kier molecular flexibility index (Phi) is 48.4. The minimum Gasteiger partial charge on any atom is -0.389 e. The molecule has 30 nitrogen and oxygen atoms in total. The van der Waals surface area contributed by atoms with E-state index in [0.717, 1.165) is 0 Å². The molecule has 42 heteroatoms. The lowest BCUT2D eigenvalue weighted by Gasteiger charge is -2.39. The predicted octanol–water partition coefficient (Wildman–Crippen LogP) is 15.0. The lowest BCUT2D eigenvalue weighted by molar-refractivity contribution is -0.385. The highest BCUT2D eigenvalue weighted by molar-refractivity contribution is 7.56. The van der Waals surface area contributed by atoms with E-state index >= 15 is 0 Å². The molecule has 0 bridgehead atoms. The maximum atomic E-state index is 14.0. The molecule has 4 aromatic carbocycles. The van der Waals surface area contributed by atoms with E-state index in [1.54, 1.807) is 37.7 Å². The molecule has 4 aromatic rings. The zero-order chi connectivity index (χ0) is 76.6. The lowest BCUT2D eigenvalue weighted by atomic mass is 10.0. The van der Waals surface area contributed by atoms with Gasteiger partial charge in [-0.25, -0.2) is 18.7 Å². The van der Waals surface area contributed by atoms with Crippen molar-refractivity contribution in [2.75, 3.05) is 126 Å². The Morgan fingerprint density at radius 2 is 0.670 bits per heavy atom. The zero-order valence-electron chi connectivity index (χ0n) is 55.5. The number of aliphatic hydroxyl groups excluding tert-OH is 1. The molecule has 100 heavy (non-hydrogen) atoms. The summed E-state index contributed by atoms with van der Waals surface area (Å²) >= 11 is 46.6. The van der Waals surface area contributed by atoms with Crippen molar-refractivity contribution >= 4 is 170 Å². The van der Waals surface area contributed by atoms with Crippen LogP contribution in [0.2, 0.25) is 0 Å². The number of nitro groups is 4. The monoisotopic (exact) mass is 1650 g/mol. The Balaban J connectivity index is 0.00000130. The van der Waals surface area contributed by atoms with Crippen LogP contribution in [0.5, 0.6) is 0 Å². The van der Waals surface area contributed by atoms with E-state index in [0.29, 0.717) is 74.6 Å². The fraction of sp³-hybridized carbons (Fsp3) is 0.517. The number of nitrogens with zero attached hydrogens (tertiary/aromatic N) is 8. The molecular formula is C58H83Cl8N9O21P4. The first-order valence-electron chi connectivity index (χ1n) is 29.7. The molecule has 0 aliphatic rings. The van der Waals surface area contributed by atoms with Crippen molar-refractivity contribution in [1.82, 2.24) is 18.7 Å². The molecule has 7 atom stereocenters. The molecule has 3 N–H and O–H groups in total. The molecule has 0 fully saturated rings. The van der Waals surface area contributed by atoms with Gasteiger partial charge in [-0.2, -0.15) is 0 Å². The van der Waals surface area contributed by atoms with Crippen molar-refractivity contribution in [2.45, 2.75) is 64.4 Å². The maximum absolute atomic E-state index is 14.0. The van der Waals surface area contributed by atoms with Crippen molar-refractivity contribution in [3.63, 3.8) is 0 Å². The Morgan fingerprint density at radius 1 is 0.440 bits per heavy atom. The zero-order valence-corrected chi connectivity index (χ0v) is 65.1. The number of halogens is 8. The molecule has 562 valence electrons. The number of hydrogen-bond donors (Lipinski definition) is 2. The van der Waals surface area contributed by atoms with Crippen LogP contribution in [0.4, 0.5) is 22.7 Å². The van der Waals surface area contributed by atoms with E-state index < -0.39 is 86.7 Å². The number of benzene rings is 4. The van der Waals surface area contributed by atoms with Crippen molar-refractivity contribution in [1.29, 1.82) is 0 Å². The van der Waals surface area contributed by atoms with E-state index in [4.69, 9.17) is 126 Å². The van der Waals surface area contributed by atoms with Gasteiger partial charge in [-0.15, -0.1) is 92.8 Å². The molecule has 0 aromatic heterocycles. The van der Waals surface area contributed by atoms with Gasteiger partial charge in [0.2, 0.25) is 0 Å². The smallest absolute Gasteiger partial charge is 0.346 e. The molecule has 0 aliphatic heterocycles. The lowest BCUT2D eigenvalue weighted by Crippen LogP contribution is -2.37. The van der Waals surface area contributed by atoms with Gasteiger partial charge >= 0.3 is 7.67 Å². The summed E-state index contributed by atoms with van der Waals surface area (Å²) in [7, 11) is -13.4. The average Bonchev–Trinajstić information content (AvgIpc) is 0.777. The van der Waals surface area contributed by atoms with E-state index in [1.165, 1.54) is 119 Å². The summed E-state index contributed by atoms with van der Waals surface area (Å²) in [5.74, 6) is 1.19. The van der Waals surface area contributed by atoms with Gasteiger partial charge in [0.25, 0.3) is 45.3 Å². The minimum absolute atomic E-state index is 0.00519. The van der Waals surface area contributed by atoms with Crippen LogP contribution in [0.1, 0.15) is 86.7 Å². The molecule has 0 heterocycles. The van der Waals surface area contributed by atoms with Gasteiger partial charge in [0, 0.05) is 187 Å². The third-order valence-corrected chi connectivity index (χ3v) is 22.3. The van der Waals surface area contributed by atoms with Crippen LogP contribution in [-0.2, 0) is 55.5 Å². The van der Waals surface area contributed by atoms with E-state index in [9.17, 15) is 73.1 Å². The van der Waals surface area contributed by atoms with E-state index in [1.807, 2.05) is 6.79 Å². The standard InChI is InChI=1S/C16H24Cl4N3O4P.2C15H21Cl2N2O5P.C11H15N2O6P.CH2O/c1-14(15-2-4-16(5-3-15)23(24)25)27-28(26,21(10-6-17)11-7-18)22(12-8-19)13-9-20;2*1-12(20)11-15(13-3-5-14(6-4-13)19(21)22)24-25(2,23)18(9-7-16)10-8-17;1-20(12,18)19-11(6-10(15)7-14)8-2-4-9(5-3-8)13(16)17;1-2/h2-5,14H,6-13H2,1H3;2*3-6,15H,7-11H2,1-2H3;2-5,11,14H,6-7H2,1H3,(H2,12,18);1H2. The number of Topliss-reactive ketones (excluding diaryl/α,β-unsaturated/α-hetero) is 3. The predicted molar refractivity (Wildman–Crippen MR) is 392 cm³/mol. The van der Waals surface area contributed by atoms with Crippen molar-refractivity contribution in [3.05, 3.63) is 160 Å². The maximum Gasteiger partial charge on any atom is 0.346 e. The van der Waals surface area contributed by atoms with Gasteiger partial charge < -0.3 is 23.5 Å². The SMILES string of the molecule is C=O.CC(=O)CC(OP(C)(=O)N(CCCl)CCCl)c1ccc([N+](=O)[O-])cc1.CC(=O)CC(OP(C)(=O)N(CCCl)CCCl)c1ccc([N+](=O)[O-])cc1.CC(OP(=O)(N(CCCl)CCCl)N(CCCl)CCCl)c1ccc([N+](=O)[O-])cc1.CP(N)(=O)OC(CC(=O)CO)c1ccc([N+](=O)[O-])cc1. The van der Waals surface area contributed by atoms with Gasteiger partial charge in [0.1, 0.15) is 25.0 Å². The summed E-state index contributed by atoms with van der Waals surface area (Å²) in [5.41, 5.74) is 7.18. The largest absolute Gasteiger partial charge is 0.389 e. The Bertz CT molecular complexity index is 3210. The first kappa shape index (κ1) is 96.0. The first-order valence-corrected chi connectivity index (χ1v) is 41.7. The molecule has 0 amide bonds. The number of hydrogen-bond acceptors (Lipinski definition) is 21. The number of rotatable bonds is 43. The second-order valence-corrected chi connectivity index (χ2v) is 33.1. The van der Waals surface area contributed by atoms with Crippen LogP contribution < -0.4 is 5.50 Å². The van der Waals surface area contributed by atoms with E-state index in [2.05, 4.69) is 0 Å². The summed E-state index contributed by atoms with van der Waals surface area (Å²) < 4.78 is 80.6. The average molecular weight is 1650 g/mol. The second kappa shape index (κ2) is 50.4. The number of non-ortho nitro benzene ring substituents is 4. The molecule has 0 aliphatic carbocycles. The highest BCUT2D eigenvalue weighted by Crippen LogP contribution is 2.58. The number of ketones is 3. The Morgan fingerprint density at radius 3 is 0.880 bits per heavy atom. The Labute approximate surface area is 620 Å². The molecular weight excluding hydrogens is 1570 g/mol. The second-order valence-electron chi connectivity index (χ2n) is 21.0. The number of nitrogens with two attached hydrogens (primary N) is 1. The third kappa shape index (κ3) is 36.1. The highest BCUT2D eigenvalue weighted by Gasteiger charge is 2.40. The van der Waals surface area contributed by atoms with Gasteiger partial charge in [0.05, 0.1) is 44.1 Å². The van der Waals surface area contributed by atoms with Gasteiger partial charge in [-0.3, -0.25) is 83.1 Å². The van der Waals surface area contributed by atoms with Crippen molar-refractivity contribution < 1.29 is 80.3 Å². The molecule has 7 unspecified atom stereocenters. The van der Waals surface area contributed by atoms with Crippen molar-refractivity contribution in [3.8, 4) is 0 Å². The molecule has 0 saturated carbocycles. The molecule has 0 saturated heterocycles. The van der Waals surface area contributed by atoms with Crippen LogP contribution in [0, 0.1) is 40.5 Å². The van der Waals surface area contributed by atoms with Gasteiger partial charge in [0.15, 0.2) is 5.78 Å². The van der Waals surface area contributed by atoms with E-state index in [-0.39, 0.29) is 101 Å². The quantitative estimate of drug-likeness (QED) is 0.0180. The first-order chi connectivity index (χ1) is 47.0. The van der Waals surface area contributed by atoms with Crippen LogP contribution in [0.25, 0.3) is 0 Å². The van der Waals surface area contributed by atoms with Crippen LogP contribution in [-0.4, -0.2) is 194 Å². The van der Waals surface area contributed by atoms with Crippen LogP contribution in [0.3, 0.4) is 0 Å². The number of nitro benzene ring substituents is 4. The number of alkyl halides is 8. The Hall–Kier alpha value is -4.00. The van der Waals surface area contributed by atoms with Crippen molar-refractivity contribution in [2.24, 2.45) is 5.50 Å². The fourth-order valence-corrected chi connectivity index (χ4v) is 17.9. The molecule has 0 radical (unpaired) electrons. The summed E-state index contributed by atoms with van der Waals surface area (Å²) in [6, 6.07) is 22.5. The number of carbonyl (C=O) groups is 4. The minimum atomic E-state index is -3.56. The molecule has 0 spiro atoms. The number of carbonyl (C=O) groups excluding carboxylic acids is 4. The van der Waals surface area contributed by atoms with Crippen LogP contribution in [0.15, 0.2) is 97.1 Å². The molecule has 4 rings (SSSR count). The summed E-state index contributed by atoms with van der Waals surface area (Å²) in [5, 5.41) is 51.7. The topological polar surface area (TPSA) is 405 Å².